The van der Waals surface area contributed by atoms with Crippen molar-refractivity contribution >= 4 is 22.8 Å². The van der Waals surface area contributed by atoms with E-state index in [0.717, 1.165) is 29.7 Å². The van der Waals surface area contributed by atoms with Gasteiger partial charge in [-0.05, 0) is 13.3 Å². The lowest BCUT2D eigenvalue weighted by Crippen LogP contribution is -2.29. The molecule has 0 aromatic carbocycles. The van der Waals surface area contributed by atoms with Gasteiger partial charge in [0.2, 0.25) is 5.95 Å². The molecule has 2 aromatic heterocycles. The summed E-state index contributed by atoms with van der Waals surface area (Å²) in [6.07, 6.45) is 4.07. The van der Waals surface area contributed by atoms with Crippen molar-refractivity contribution in [3.63, 3.8) is 0 Å². The quantitative estimate of drug-likeness (QED) is 0.847. The molecule has 1 unspecified atom stereocenters. The molecule has 0 radical (unpaired) electrons. The Kier molecular flexibility index (Phi) is 3.64. The Bertz CT molecular complexity index is 520. The van der Waals surface area contributed by atoms with Crippen LogP contribution in [-0.4, -0.2) is 40.3 Å². The van der Waals surface area contributed by atoms with Crippen LogP contribution in [0.5, 0.6) is 0 Å². The monoisotopic (exact) mass is 248 g/mol. The van der Waals surface area contributed by atoms with Crippen LogP contribution >= 0.6 is 0 Å². The van der Waals surface area contributed by atoms with Gasteiger partial charge in [-0.3, -0.25) is 5.10 Å². The highest BCUT2D eigenvalue weighted by atomic mass is 15.3. The Morgan fingerprint density at radius 3 is 2.89 bits per heavy atom. The molecule has 0 saturated heterocycles. The summed E-state index contributed by atoms with van der Waals surface area (Å²) in [5.41, 5.74) is 0.764. The first-order valence-electron chi connectivity index (χ1n) is 6.29. The predicted molar refractivity (Wildman–Crippen MR) is 74.0 cm³/mol. The van der Waals surface area contributed by atoms with Gasteiger partial charge in [0.25, 0.3) is 0 Å². The van der Waals surface area contributed by atoms with Gasteiger partial charge < -0.3 is 10.2 Å². The van der Waals surface area contributed by atoms with Crippen molar-refractivity contribution in [2.75, 3.05) is 24.3 Å². The number of anilines is 2. The molecule has 0 bridgehead atoms. The summed E-state index contributed by atoms with van der Waals surface area (Å²) in [5, 5.41) is 10.9. The normalized spacial score (nSPS) is 12.7. The average Bonchev–Trinajstić information content (AvgIpc) is 2.84. The summed E-state index contributed by atoms with van der Waals surface area (Å²) in [4.78, 5) is 11.1. The predicted octanol–water partition coefficient (Wildman–Crippen LogP) is 2.02. The van der Waals surface area contributed by atoms with E-state index in [1.165, 1.54) is 0 Å². The molecule has 0 aliphatic carbocycles. The van der Waals surface area contributed by atoms with E-state index in [1.807, 2.05) is 7.05 Å². The third kappa shape index (κ3) is 2.23. The molecule has 0 saturated carbocycles. The van der Waals surface area contributed by atoms with Gasteiger partial charge in [0.05, 0.1) is 11.6 Å². The topological polar surface area (TPSA) is 69.7 Å². The molecule has 98 valence electrons. The number of hydrogen-bond donors (Lipinski definition) is 2. The number of H-pyrrole nitrogens is 1. The average molecular weight is 248 g/mol. The second kappa shape index (κ2) is 5.20. The minimum absolute atomic E-state index is 0.438. The molecular formula is C12H20N6. The van der Waals surface area contributed by atoms with E-state index in [1.54, 1.807) is 6.20 Å². The van der Waals surface area contributed by atoms with Gasteiger partial charge >= 0.3 is 0 Å². The van der Waals surface area contributed by atoms with Gasteiger partial charge in [-0.1, -0.05) is 13.3 Å². The lowest BCUT2D eigenvalue weighted by Gasteiger charge is -2.26. The van der Waals surface area contributed by atoms with Crippen molar-refractivity contribution in [1.29, 1.82) is 0 Å². The Balaban J connectivity index is 2.44. The standard InChI is InChI=1S/C12H20N6/c1-5-6-8(2)18(4)11-9-7-14-17-10(9)15-12(13-3)16-11/h7-8H,5-6H2,1-4H3,(H2,13,14,15,16,17). The largest absolute Gasteiger partial charge is 0.357 e. The number of nitrogens with zero attached hydrogens (tertiary/aromatic N) is 4. The van der Waals surface area contributed by atoms with Gasteiger partial charge in [-0.15, -0.1) is 0 Å². The van der Waals surface area contributed by atoms with Gasteiger partial charge in [0.15, 0.2) is 5.65 Å². The van der Waals surface area contributed by atoms with Gasteiger partial charge in [-0.25, -0.2) is 0 Å². The molecule has 0 amide bonds. The van der Waals surface area contributed by atoms with Crippen LogP contribution in [0.3, 0.4) is 0 Å². The van der Waals surface area contributed by atoms with E-state index >= 15 is 0 Å². The molecule has 0 aliphatic rings. The summed E-state index contributed by atoms with van der Waals surface area (Å²) < 4.78 is 0. The third-order valence-corrected chi connectivity index (χ3v) is 3.21. The van der Waals surface area contributed by atoms with E-state index in [0.29, 0.717) is 12.0 Å². The van der Waals surface area contributed by atoms with Crippen LogP contribution in [0.2, 0.25) is 0 Å². The molecule has 2 heterocycles. The highest BCUT2D eigenvalue weighted by Gasteiger charge is 2.16. The van der Waals surface area contributed by atoms with Crippen molar-refractivity contribution < 1.29 is 0 Å². The summed E-state index contributed by atoms with van der Waals surface area (Å²) in [6, 6.07) is 0.438. The lowest BCUT2D eigenvalue weighted by molar-refractivity contribution is 0.612. The molecule has 1 atom stereocenters. The number of hydrogen-bond acceptors (Lipinski definition) is 5. The van der Waals surface area contributed by atoms with Crippen molar-refractivity contribution in [3.8, 4) is 0 Å². The fraction of sp³-hybridized carbons (Fsp3) is 0.583. The first kappa shape index (κ1) is 12.6. The molecule has 2 N–H and O–H groups in total. The zero-order chi connectivity index (χ0) is 13.1. The first-order valence-corrected chi connectivity index (χ1v) is 6.29. The minimum Gasteiger partial charge on any atom is -0.357 e. The molecule has 6 heteroatoms. The summed E-state index contributed by atoms with van der Waals surface area (Å²) in [5.74, 6) is 1.52. The molecule has 0 spiro atoms. The second-order valence-electron chi connectivity index (χ2n) is 4.50. The highest BCUT2D eigenvalue weighted by Crippen LogP contribution is 2.25. The van der Waals surface area contributed by atoms with Crippen LogP contribution in [0.25, 0.3) is 11.0 Å². The van der Waals surface area contributed by atoms with Crippen LogP contribution in [-0.2, 0) is 0 Å². The summed E-state index contributed by atoms with van der Waals surface area (Å²) in [7, 11) is 3.88. The van der Waals surface area contributed by atoms with Crippen LogP contribution in [0.15, 0.2) is 6.20 Å². The van der Waals surface area contributed by atoms with Crippen LogP contribution < -0.4 is 10.2 Å². The molecule has 0 fully saturated rings. The van der Waals surface area contributed by atoms with E-state index in [-0.39, 0.29) is 0 Å². The van der Waals surface area contributed by atoms with Crippen LogP contribution in [0.1, 0.15) is 26.7 Å². The SMILES string of the molecule is CCCC(C)N(C)c1nc(NC)nc2[nH]ncc12. The Hall–Kier alpha value is -1.85. The molecule has 2 aromatic rings. The maximum absolute atomic E-state index is 4.54. The molecule has 6 nitrogen and oxygen atoms in total. The van der Waals surface area contributed by atoms with Crippen molar-refractivity contribution in [2.24, 2.45) is 0 Å². The van der Waals surface area contributed by atoms with Gasteiger partial charge in [-0.2, -0.15) is 15.1 Å². The van der Waals surface area contributed by atoms with Crippen molar-refractivity contribution in [3.05, 3.63) is 6.20 Å². The number of aromatic nitrogens is 4. The van der Waals surface area contributed by atoms with E-state index < -0.39 is 0 Å². The second-order valence-corrected chi connectivity index (χ2v) is 4.50. The van der Waals surface area contributed by atoms with E-state index in [2.05, 4.69) is 51.3 Å². The van der Waals surface area contributed by atoms with E-state index in [9.17, 15) is 0 Å². The van der Waals surface area contributed by atoms with Crippen molar-refractivity contribution in [2.45, 2.75) is 32.7 Å². The maximum Gasteiger partial charge on any atom is 0.226 e. The smallest absolute Gasteiger partial charge is 0.226 e. The molecule has 0 aliphatic heterocycles. The Morgan fingerprint density at radius 1 is 1.44 bits per heavy atom. The fourth-order valence-corrected chi connectivity index (χ4v) is 2.02. The Labute approximate surface area is 107 Å². The molecular weight excluding hydrogens is 228 g/mol. The van der Waals surface area contributed by atoms with Gasteiger partial charge in [0, 0.05) is 20.1 Å². The summed E-state index contributed by atoms with van der Waals surface area (Å²) in [6.45, 7) is 4.40. The minimum atomic E-state index is 0.438. The van der Waals surface area contributed by atoms with E-state index in [4.69, 9.17) is 0 Å². The first-order chi connectivity index (χ1) is 8.67. The van der Waals surface area contributed by atoms with Crippen molar-refractivity contribution in [1.82, 2.24) is 20.2 Å². The maximum atomic E-state index is 4.54. The lowest BCUT2D eigenvalue weighted by atomic mass is 10.1. The zero-order valence-electron chi connectivity index (χ0n) is 11.4. The molecule has 2 rings (SSSR count). The summed E-state index contributed by atoms with van der Waals surface area (Å²) >= 11 is 0. The number of nitrogens with one attached hydrogen (secondary N) is 2. The fourth-order valence-electron chi connectivity index (χ4n) is 2.02. The van der Waals surface area contributed by atoms with Crippen LogP contribution in [0, 0.1) is 0 Å². The number of fused-ring (bicyclic) bond motifs is 1. The zero-order valence-corrected chi connectivity index (χ0v) is 11.4. The third-order valence-electron chi connectivity index (χ3n) is 3.21. The molecule has 18 heavy (non-hydrogen) atoms. The number of rotatable bonds is 5. The van der Waals surface area contributed by atoms with Crippen LogP contribution in [0.4, 0.5) is 11.8 Å². The Morgan fingerprint density at radius 2 is 2.22 bits per heavy atom. The highest BCUT2D eigenvalue weighted by molar-refractivity contribution is 5.87. The van der Waals surface area contributed by atoms with Gasteiger partial charge in [0.1, 0.15) is 5.82 Å². The number of aromatic amines is 1.